The van der Waals surface area contributed by atoms with Crippen molar-refractivity contribution in [1.82, 2.24) is 9.88 Å². The van der Waals surface area contributed by atoms with E-state index in [1.54, 1.807) is 23.4 Å². The molecule has 0 unspecified atom stereocenters. The number of carbonyl (C=O) groups excluding carboxylic acids is 1. The maximum atomic E-state index is 12.6. The van der Waals surface area contributed by atoms with E-state index in [9.17, 15) is 18.0 Å². The predicted octanol–water partition coefficient (Wildman–Crippen LogP) is 4.30. The number of carbonyl (C=O) groups is 1. The first-order chi connectivity index (χ1) is 11.9. The van der Waals surface area contributed by atoms with Gasteiger partial charge in [-0.2, -0.15) is 13.2 Å². The van der Waals surface area contributed by atoms with Gasteiger partial charge in [-0.25, -0.2) is 0 Å². The molecular weight excluding hydrogens is 329 g/mol. The van der Waals surface area contributed by atoms with Crippen molar-refractivity contribution >= 4 is 12.0 Å². The van der Waals surface area contributed by atoms with Gasteiger partial charge in [0.05, 0.1) is 5.56 Å². The van der Waals surface area contributed by atoms with Crippen molar-refractivity contribution < 1.29 is 18.0 Å². The average Bonchev–Trinajstić information content (AvgIpc) is 3.43. The lowest BCUT2D eigenvalue weighted by molar-refractivity contribution is -0.137. The van der Waals surface area contributed by atoms with Crippen LogP contribution in [-0.4, -0.2) is 21.8 Å². The van der Waals surface area contributed by atoms with E-state index in [4.69, 9.17) is 0 Å². The molecular formula is C19H17F3N2O. The Balaban J connectivity index is 1.67. The molecule has 0 radical (unpaired) electrons. The molecule has 2 aromatic rings. The molecule has 1 amide bonds. The lowest BCUT2D eigenvalue weighted by atomic mass is 10.1. The average molecular weight is 346 g/mol. The van der Waals surface area contributed by atoms with Crippen LogP contribution in [0.4, 0.5) is 13.2 Å². The lowest BCUT2D eigenvalue weighted by Crippen LogP contribution is -2.31. The van der Waals surface area contributed by atoms with Gasteiger partial charge in [-0.1, -0.05) is 12.1 Å². The highest BCUT2D eigenvalue weighted by atomic mass is 19.4. The fourth-order valence-corrected chi connectivity index (χ4v) is 2.50. The minimum absolute atomic E-state index is 0.140. The fourth-order valence-electron chi connectivity index (χ4n) is 2.50. The number of amides is 1. The first kappa shape index (κ1) is 17.2. The molecule has 0 spiro atoms. The third-order valence-corrected chi connectivity index (χ3v) is 4.03. The number of halogens is 3. The molecule has 130 valence electrons. The Labute approximate surface area is 143 Å². The molecule has 1 saturated carbocycles. The largest absolute Gasteiger partial charge is 0.416 e. The van der Waals surface area contributed by atoms with E-state index in [0.29, 0.717) is 12.1 Å². The number of hydrogen-bond acceptors (Lipinski definition) is 2. The summed E-state index contributed by atoms with van der Waals surface area (Å²) in [6, 6.07) is 8.70. The van der Waals surface area contributed by atoms with E-state index in [1.165, 1.54) is 18.2 Å². The molecule has 0 bridgehead atoms. The number of alkyl halides is 3. The van der Waals surface area contributed by atoms with E-state index in [1.807, 2.05) is 12.1 Å². The number of pyridine rings is 1. The molecule has 0 atom stereocenters. The molecule has 1 aromatic heterocycles. The molecule has 1 aliphatic carbocycles. The zero-order chi connectivity index (χ0) is 17.9. The molecule has 3 rings (SSSR count). The third kappa shape index (κ3) is 4.68. The molecule has 0 saturated heterocycles. The fraction of sp³-hybridized carbons (Fsp3) is 0.263. The second-order valence-electron chi connectivity index (χ2n) is 6.01. The van der Waals surface area contributed by atoms with Crippen molar-refractivity contribution in [2.24, 2.45) is 0 Å². The molecule has 1 aromatic carbocycles. The van der Waals surface area contributed by atoms with Crippen LogP contribution in [0.1, 0.15) is 29.5 Å². The summed E-state index contributed by atoms with van der Waals surface area (Å²) in [5.74, 6) is -0.140. The first-order valence-electron chi connectivity index (χ1n) is 7.98. The molecule has 6 heteroatoms. The molecule has 0 aliphatic heterocycles. The Morgan fingerprint density at radius 2 is 1.76 bits per heavy atom. The number of nitrogens with zero attached hydrogens (tertiary/aromatic N) is 2. The van der Waals surface area contributed by atoms with E-state index in [2.05, 4.69) is 4.98 Å². The van der Waals surface area contributed by atoms with Gasteiger partial charge in [-0.05, 0) is 54.3 Å². The van der Waals surface area contributed by atoms with Crippen molar-refractivity contribution in [1.29, 1.82) is 0 Å². The summed E-state index contributed by atoms with van der Waals surface area (Å²) < 4.78 is 37.7. The second kappa shape index (κ2) is 7.09. The zero-order valence-electron chi connectivity index (χ0n) is 13.4. The van der Waals surface area contributed by atoms with Crippen LogP contribution in [0.2, 0.25) is 0 Å². The van der Waals surface area contributed by atoms with Crippen LogP contribution in [0.5, 0.6) is 0 Å². The molecule has 1 fully saturated rings. The monoisotopic (exact) mass is 346 g/mol. The highest BCUT2D eigenvalue weighted by Gasteiger charge is 2.31. The maximum absolute atomic E-state index is 12.6. The quantitative estimate of drug-likeness (QED) is 0.756. The Morgan fingerprint density at radius 3 is 2.32 bits per heavy atom. The molecule has 1 aliphatic rings. The van der Waals surface area contributed by atoms with Crippen LogP contribution >= 0.6 is 0 Å². The van der Waals surface area contributed by atoms with Gasteiger partial charge in [-0.15, -0.1) is 0 Å². The van der Waals surface area contributed by atoms with Crippen molar-refractivity contribution in [2.75, 3.05) is 0 Å². The van der Waals surface area contributed by atoms with Crippen LogP contribution in [-0.2, 0) is 17.5 Å². The Hall–Kier alpha value is -2.63. The molecule has 3 nitrogen and oxygen atoms in total. The van der Waals surface area contributed by atoms with Crippen molar-refractivity contribution in [2.45, 2.75) is 31.6 Å². The molecule has 25 heavy (non-hydrogen) atoms. The van der Waals surface area contributed by atoms with Crippen LogP contribution in [0, 0.1) is 0 Å². The number of rotatable bonds is 5. The summed E-state index contributed by atoms with van der Waals surface area (Å²) >= 11 is 0. The summed E-state index contributed by atoms with van der Waals surface area (Å²) in [6.45, 7) is 0.503. The third-order valence-electron chi connectivity index (χ3n) is 4.03. The zero-order valence-corrected chi connectivity index (χ0v) is 13.4. The van der Waals surface area contributed by atoms with Gasteiger partial charge in [0, 0.05) is 31.1 Å². The predicted molar refractivity (Wildman–Crippen MR) is 88.3 cm³/mol. The van der Waals surface area contributed by atoms with Crippen LogP contribution in [0.25, 0.3) is 6.08 Å². The van der Waals surface area contributed by atoms with Gasteiger partial charge in [0.25, 0.3) is 0 Å². The van der Waals surface area contributed by atoms with Gasteiger partial charge in [0.15, 0.2) is 0 Å². The topological polar surface area (TPSA) is 33.2 Å². The SMILES string of the molecule is O=C(/C=C/c1ccc(C(F)(F)F)cc1)N(Cc1ccncc1)C1CC1. The summed E-state index contributed by atoms with van der Waals surface area (Å²) in [4.78, 5) is 18.2. The minimum Gasteiger partial charge on any atom is -0.332 e. The van der Waals surface area contributed by atoms with Crippen molar-refractivity contribution in [3.05, 3.63) is 71.6 Å². The normalized spacial score (nSPS) is 14.7. The number of hydrogen-bond donors (Lipinski definition) is 0. The van der Waals surface area contributed by atoms with Crippen molar-refractivity contribution in [3.63, 3.8) is 0 Å². The van der Waals surface area contributed by atoms with E-state index >= 15 is 0 Å². The van der Waals surface area contributed by atoms with Crippen LogP contribution in [0.3, 0.4) is 0 Å². The molecule has 1 heterocycles. The summed E-state index contributed by atoms with van der Waals surface area (Å²) in [7, 11) is 0. The summed E-state index contributed by atoms with van der Waals surface area (Å²) in [5, 5.41) is 0. The van der Waals surface area contributed by atoms with E-state index < -0.39 is 11.7 Å². The summed E-state index contributed by atoms with van der Waals surface area (Å²) in [6.07, 6.45) is 3.93. The van der Waals surface area contributed by atoms with E-state index in [-0.39, 0.29) is 11.9 Å². The van der Waals surface area contributed by atoms with E-state index in [0.717, 1.165) is 30.5 Å². The van der Waals surface area contributed by atoms with Gasteiger partial charge >= 0.3 is 6.18 Å². The van der Waals surface area contributed by atoms with Gasteiger partial charge < -0.3 is 4.90 Å². The highest BCUT2D eigenvalue weighted by molar-refractivity contribution is 5.92. The Morgan fingerprint density at radius 1 is 1.12 bits per heavy atom. The Kier molecular flexibility index (Phi) is 4.88. The molecule has 0 N–H and O–H groups in total. The Bertz CT molecular complexity index is 750. The van der Waals surface area contributed by atoms with Gasteiger partial charge in [0.1, 0.15) is 0 Å². The summed E-state index contributed by atoms with van der Waals surface area (Å²) in [5.41, 5.74) is 0.854. The van der Waals surface area contributed by atoms with Crippen molar-refractivity contribution in [3.8, 4) is 0 Å². The smallest absolute Gasteiger partial charge is 0.332 e. The van der Waals surface area contributed by atoms with Gasteiger partial charge in [0.2, 0.25) is 5.91 Å². The van der Waals surface area contributed by atoms with Crippen LogP contribution in [0.15, 0.2) is 54.9 Å². The highest BCUT2D eigenvalue weighted by Crippen LogP contribution is 2.30. The van der Waals surface area contributed by atoms with Gasteiger partial charge in [-0.3, -0.25) is 9.78 Å². The second-order valence-corrected chi connectivity index (χ2v) is 6.01. The lowest BCUT2D eigenvalue weighted by Gasteiger charge is -2.20. The minimum atomic E-state index is -4.36. The first-order valence-corrected chi connectivity index (χ1v) is 7.98. The maximum Gasteiger partial charge on any atom is 0.416 e. The van der Waals surface area contributed by atoms with Crippen LogP contribution < -0.4 is 0 Å². The standard InChI is InChI=1S/C19H17F3N2O/c20-19(21,22)16-4-1-14(2-5-16)3-8-18(25)24(17-6-7-17)13-15-9-11-23-12-10-15/h1-5,8-12,17H,6-7,13H2/b8-3+. The number of aromatic nitrogens is 1. The number of benzene rings is 1.